The van der Waals surface area contributed by atoms with Gasteiger partial charge in [0.15, 0.2) is 0 Å². The number of piperazine rings is 1. The first-order valence-corrected chi connectivity index (χ1v) is 12.1. The molecule has 1 aliphatic carbocycles. The van der Waals surface area contributed by atoms with Crippen molar-refractivity contribution in [2.24, 2.45) is 13.0 Å². The molecule has 10 nitrogen and oxygen atoms in total. The second-order valence-corrected chi connectivity index (χ2v) is 8.94. The quantitative estimate of drug-likeness (QED) is 0.591. The van der Waals surface area contributed by atoms with Crippen LogP contribution in [0.15, 0.2) is 6.07 Å². The third kappa shape index (κ3) is 6.04. The SMILES string of the molecule is CCOc1cc(C(=O)N2CCN(C(=O)C(NC(=O)[C@H](C)NC)C3CCCCC3)CC2)n(C)n1. The molecule has 2 N–H and O–H groups in total. The smallest absolute Gasteiger partial charge is 0.272 e. The van der Waals surface area contributed by atoms with Crippen molar-refractivity contribution < 1.29 is 19.1 Å². The summed E-state index contributed by atoms with van der Waals surface area (Å²) >= 11 is 0. The maximum atomic E-state index is 13.5. The van der Waals surface area contributed by atoms with E-state index < -0.39 is 6.04 Å². The molecule has 1 aromatic heterocycles. The zero-order chi connectivity index (χ0) is 24.0. The molecule has 1 unspecified atom stereocenters. The summed E-state index contributed by atoms with van der Waals surface area (Å²) in [6, 6.07) is 0.779. The molecular weight excluding hydrogens is 424 g/mol. The third-order valence-corrected chi connectivity index (χ3v) is 6.76. The van der Waals surface area contributed by atoms with E-state index in [1.165, 1.54) is 11.1 Å². The number of rotatable bonds is 8. The van der Waals surface area contributed by atoms with Crippen LogP contribution in [0.25, 0.3) is 0 Å². The normalized spacial score (nSPS) is 19.2. The molecule has 2 atom stereocenters. The molecule has 33 heavy (non-hydrogen) atoms. The standard InChI is InChI=1S/C23H38N6O4/c1-5-33-19-15-18(27(4)26-19)22(31)28-11-13-29(14-12-28)23(32)20(17-9-7-6-8-10-17)25-21(30)16(2)24-3/h15-17,20,24H,5-14H2,1-4H3,(H,25,30)/t16-,20?/m0/s1. The van der Waals surface area contributed by atoms with Gasteiger partial charge in [0.05, 0.1) is 12.6 Å². The van der Waals surface area contributed by atoms with Crippen LogP contribution < -0.4 is 15.4 Å². The average molecular weight is 463 g/mol. The molecule has 0 spiro atoms. The number of ether oxygens (including phenoxy) is 1. The Kier molecular flexibility index (Phi) is 8.71. The summed E-state index contributed by atoms with van der Waals surface area (Å²) < 4.78 is 6.93. The summed E-state index contributed by atoms with van der Waals surface area (Å²) in [7, 11) is 3.45. The van der Waals surface area contributed by atoms with Gasteiger partial charge in [-0.3, -0.25) is 19.1 Å². The molecule has 3 amide bonds. The lowest BCUT2D eigenvalue weighted by atomic mass is 9.83. The predicted octanol–water partition coefficient (Wildman–Crippen LogP) is 0.776. The van der Waals surface area contributed by atoms with Gasteiger partial charge in [0.25, 0.3) is 5.91 Å². The maximum absolute atomic E-state index is 13.5. The molecule has 0 aromatic carbocycles. The van der Waals surface area contributed by atoms with Crippen LogP contribution in [-0.2, 0) is 16.6 Å². The number of likely N-dealkylation sites (N-methyl/N-ethyl adjacent to an activating group) is 1. The highest BCUT2D eigenvalue weighted by Gasteiger charge is 2.36. The minimum atomic E-state index is -0.512. The van der Waals surface area contributed by atoms with E-state index in [1.807, 2.05) is 6.92 Å². The van der Waals surface area contributed by atoms with Crippen molar-refractivity contribution >= 4 is 17.7 Å². The molecule has 1 aromatic rings. The summed E-state index contributed by atoms with van der Waals surface area (Å²) in [5.74, 6) is 0.272. The Bertz CT molecular complexity index is 827. The summed E-state index contributed by atoms with van der Waals surface area (Å²) in [6.45, 7) is 5.92. The second-order valence-electron chi connectivity index (χ2n) is 8.94. The van der Waals surface area contributed by atoms with Gasteiger partial charge < -0.3 is 25.2 Å². The van der Waals surface area contributed by atoms with Gasteiger partial charge in [-0.05, 0) is 39.7 Å². The van der Waals surface area contributed by atoms with Crippen molar-refractivity contribution in [3.8, 4) is 5.88 Å². The van der Waals surface area contributed by atoms with Gasteiger partial charge in [-0.1, -0.05) is 19.3 Å². The van der Waals surface area contributed by atoms with Crippen LogP contribution in [0.2, 0.25) is 0 Å². The van der Waals surface area contributed by atoms with Crippen LogP contribution in [0.1, 0.15) is 56.4 Å². The zero-order valence-corrected chi connectivity index (χ0v) is 20.3. The maximum Gasteiger partial charge on any atom is 0.272 e. The molecule has 1 saturated heterocycles. The number of carbonyl (C=O) groups excluding carboxylic acids is 3. The average Bonchev–Trinajstić information content (AvgIpc) is 3.21. The van der Waals surface area contributed by atoms with E-state index >= 15 is 0 Å². The van der Waals surface area contributed by atoms with Crippen LogP contribution in [0.5, 0.6) is 5.88 Å². The Balaban J connectivity index is 1.63. The number of amides is 3. The fourth-order valence-electron chi connectivity index (χ4n) is 4.61. The molecule has 1 saturated carbocycles. The first-order valence-electron chi connectivity index (χ1n) is 12.1. The number of carbonyl (C=O) groups is 3. The van der Waals surface area contributed by atoms with E-state index in [9.17, 15) is 14.4 Å². The Morgan fingerprint density at radius 3 is 2.36 bits per heavy atom. The van der Waals surface area contributed by atoms with Crippen molar-refractivity contribution in [2.75, 3.05) is 39.8 Å². The van der Waals surface area contributed by atoms with E-state index in [0.29, 0.717) is 44.4 Å². The van der Waals surface area contributed by atoms with Gasteiger partial charge in [0.1, 0.15) is 11.7 Å². The van der Waals surface area contributed by atoms with Gasteiger partial charge in [-0.2, -0.15) is 0 Å². The molecule has 0 bridgehead atoms. The van der Waals surface area contributed by atoms with Crippen LogP contribution in [0, 0.1) is 5.92 Å². The highest BCUT2D eigenvalue weighted by atomic mass is 16.5. The van der Waals surface area contributed by atoms with Crippen LogP contribution in [-0.4, -0.2) is 89.2 Å². The van der Waals surface area contributed by atoms with Crippen LogP contribution >= 0.6 is 0 Å². The van der Waals surface area contributed by atoms with Crippen molar-refractivity contribution in [3.63, 3.8) is 0 Å². The summed E-state index contributed by atoms with van der Waals surface area (Å²) in [6.07, 6.45) is 5.25. The van der Waals surface area contributed by atoms with E-state index in [2.05, 4.69) is 15.7 Å². The van der Waals surface area contributed by atoms with Gasteiger partial charge in [-0.15, -0.1) is 5.10 Å². The van der Waals surface area contributed by atoms with Crippen LogP contribution in [0.4, 0.5) is 0 Å². The van der Waals surface area contributed by atoms with E-state index in [4.69, 9.17) is 4.74 Å². The van der Waals surface area contributed by atoms with Gasteiger partial charge in [0.2, 0.25) is 17.7 Å². The van der Waals surface area contributed by atoms with E-state index in [0.717, 1.165) is 25.7 Å². The minimum absolute atomic E-state index is 0.0372. The van der Waals surface area contributed by atoms with E-state index in [1.54, 1.807) is 36.9 Å². The zero-order valence-electron chi connectivity index (χ0n) is 20.3. The lowest BCUT2D eigenvalue weighted by molar-refractivity contribution is -0.140. The van der Waals surface area contributed by atoms with Crippen molar-refractivity contribution in [1.29, 1.82) is 0 Å². The van der Waals surface area contributed by atoms with Crippen LogP contribution in [0.3, 0.4) is 0 Å². The Morgan fingerprint density at radius 1 is 1.12 bits per heavy atom. The van der Waals surface area contributed by atoms with Gasteiger partial charge >= 0.3 is 0 Å². The molecule has 1 aliphatic heterocycles. The number of hydrogen-bond acceptors (Lipinski definition) is 6. The molecule has 2 fully saturated rings. The number of aryl methyl sites for hydroxylation is 1. The first-order chi connectivity index (χ1) is 15.8. The predicted molar refractivity (Wildman–Crippen MR) is 124 cm³/mol. The summed E-state index contributed by atoms with van der Waals surface area (Å²) in [4.78, 5) is 42.6. The van der Waals surface area contributed by atoms with Gasteiger partial charge in [0, 0.05) is 39.3 Å². The lowest BCUT2D eigenvalue weighted by Gasteiger charge is -2.39. The third-order valence-electron chi connectivity index (χ3n) is 6.76. The molecule has 0 radical (unpaired) electrons. The highest BCUT2D eigenvalue weighted by molar-refractivity contribution is 5.93. The van der Waals surface area contributed by atoms with E-state index in [-0.39, 0.29) is 29.7 Å². The van der Waals surface area contributed by atoms with Crippen molar-refractivity contribution in [3.05, 3.63) is 11.8 Å². The lowest BCUT2D eigenvalue weighted by Crippen LogP contribution is -2.59. The number of hydrogen-bond donors (Lipinski definition) is 2. The fraction of sp³-hybridized carbons (Fsp3) is 0.739. The highest BCUT2D eigenvalue weighted by Crippen LogP contribution is 2.28. The van der Waals surface area contributed by atoms with Crippen molar-refractivity contribution in [1.82, 2.24) is 30.2 Å². The first kappa shape index (κ1) is 25.0. The Hall–Kier alpha value is -2.62. The topological polar surface area (TPSA) is 109 Å². The molecule has 10 heteroatoms. The molecular formula is C23H38N6O4. The summed E-state index contributed by atoms with van der Waals surface area (Å²) in [5, 5.41) is 10.2. The monoisotopic (exact) mass is 462 g/mol. The molecule has 2 heterocycles. The fourth-order valence-corrected chi connectivity index (χ4v) is 4.61. The molecule has 2 aliphatic rings. The Labute approximate surface area is 196 Å². The second kappa shape index (κ2) is 11.5. The van der Waals surface area contributed by atoms with Gasteiger partial charge in [-0.25, -0.2) is 0 Å². The molecule has 184 valence electrons. The Morgan fingerprint density at radius 2 is 1.76 bits per heavy atom. The van der Waals surface area contributed by atoms with Crippen molar-refractivity contribution in [2.45, 2.75) is 58.0 Å². The molecule has 3 rings (SSSR count). The number of nitrogens with zero attached hydrogens (tertiary/aromatic N) is 4. The minimum Gasteiger partial charge on any atom is -0.477 e. The largest absolute Gasteiger partial charge is 0.477 e. The number of nitrogens with one attached hydrogen (secondary N) is 2. The summed E-state index contributed by atoms with van der Waals surface area (Å²) in [5.41, 5.74) is 0.464. The number of aromatic nitrogens is 2.